The molecule has 538 valence electrons. The summed E-state index contributed by atoms with van der Waals surface area (Å²) < 4.78 is 61.0. The molecule has 4 N–H and O–H groups in total. The van der Waals surface area contributed by atoms with Gasteiger partial charge in [-0.15, -0.1) is 0 Å². The second kappa shape index (κ2) is 68.4. The Labute approximate surface area is 565 Å². The Kier molecular flexibility index (Phi) is 65.8. The van der Waals surface area contributed by atoms with Crippen molar-refractivity contribution < 1.29 is 75.8 Å². The van der Waals surface area contributed by atoms with Gasteiger partial charge in [-0.1, -0.05) is 253 Å². The van der Waals surface area contributed by atoms with Crippen molar-refractivity contribution in [3.05, 3.63) is 97.2 Å². The topological polar surface area (TPSA) is 231 Å². The van der Waals surface area contributed by atoms with Gasteiger partial charge in [0, 0.05) is 19.3 Å². The number of hydrogen-bond donors (Lipinski definition) is 4. The second-order valence-corrected chi connectivity index (χ2v) is 27.3. The summed E-state index contributed by atoms with van der Waals surface area (Å²) in [6.07, 6.45) is 75.9. The zero-order valence-electron chi connectivity index (χ0n) is 58.4. The summed E-state index contributed by atoms with van der Waals surface area (Å²) in [5, 5.41) is 20.6. The number of allylic oxidation sites excluding steroid dienone is 16. The van der Waals surface area contributed by atoms with Crippen molar-refractivity contribution >= 4 is 33.6 Å². The van der Waals surface area contributed by atoms with Crippen LogP contribution in [0.25, 0.3) is 0 Å². The molecule has 16 nitrogen and oxygen atoms in total. The largest absolute Gasteiger partial charge is 0.472 e. The summed E-state index contributed by atoms with van der Waals surface area (Å²) in [7, 11) is -9.79. The second-order valence-electron chi connectivity index (χ2n) is 24.4. The third kappa shape index (κ3) is 69.6. The Morgan fingerprint density at radius 2 is 0.538 bits per heavy atom. The molecule has 0 bridgehead atoms. The van der Waals surface area contributed by atoms with Crippen LogP contribution in [-0.2, 0) is 55.8 Å². The predicted molar refractivity (Wildman–Crippen MR) is 381 cm³/mol. The molecule has 0 spiro atoms. The maximum Gasteiger partial charge on any atom is 0.472 e. The molecule has 0 amide bonds. The van der Waals surface area contributed by atoms with E-state index in [0.717, 1.165) is 161 Å². The number of rotatable bonds is 69. The van der Waals surface area contributed by atoms with Crippen LogP contribution in [-0.4, -0.2) is 95.9 Å². The van der Waals surface area contributed by atoms with Gasteiger partial charge in [0.25, 0.3) is 0 Å². The predicted octanol–water partition coefficient (Wildman–Crippen LogP) is 20.6. The number of unbranched alkanes of at least 4 members (excludes halogenated alkanes) is 30. The summed E-state index contributed by atoms with van der Waals surface area (Å²) in [6.45, 7) is 2.59. The normalized spacial score (nSPS) is 14.7. The zero-order valence-corrected chi connectivity index (χ0v) is 60.2. The lowest BCUT2D eigenvalue weighted by molar-refractivity contribution is -0.161. The molecule has 0 radical (unpaired) electrons. The van der Waals surface area contributed by atoms with Crippen molar-refractivity contribution in [2.24, 2.45) is 0 Å². The van der Waals surface area contributed by atoms with Gasteiger partial charge >= 0.3 is 33.6 Å². The van der Waals surface area contributed by atoms with Crippen molar-refractivity contribution in [2.45, 2.75) is 322 Å². The quantitative estimate of drug-likeness (QED) is 0.0146. The number of carbonyl (C=O) groups excluding carboxylic acids is 3. The number of phosphoric ester groups is 2. The maximum absolute atomic E-state index is 12.9. The number of aliphatic hydroxyl groups excluding tert-OH is 2. The molecule has 18 heteroatoms. The Morgan fingerprint density at radius 1 is 0.301 bits per heavy atom. The van der Waals surface area contributed by atoms with E-state index in [0.29, 0.717) is 19.3 Å². The fourth-order valence-corrected chi connectivity index (χ4v) is 11.2. The van der Waals surface area contributed by atoms with Gasteiger partial charge in [-0.25, -0.2) is 9.13 Å². The molecule has 0 heterocycles. The highest BCUT2D eigenvalue weighted by atomic mass is 31.2. The van der Waals surface area contributed by atoms with E-state index in [-0.39, 0.29) is 19.3 Å². The van der Waals surface area contributed by atoms with Gasteiger partial charge in [0.15, 0.2) is 6.10 Å². The molecule has 0 saturated carbocycles. The molecule has 0 aliphatic heterocycles. The molecule has 0 aliphatic carbocycles. The molecule has 0 aromatic heterocycles. The molecule has 0 aromatic carbocycles. The average Bonchev–Trinajstić information content (AvgIpc) is 3.74. The summed E-state index contributed by atoms with van der Waals surface area (Å²) in [6, 6.07) is 0. The van der Waals surface area contributed by atoms with Crippen LogP contribution in [0.2, 0.25) is 0 Å². The van der Waals surface area contributed by atoms with Gasteiger partial charge in [0.1, 0.15) is 25.4 Å². The Morgan fingerprint density at radius 3 is 0.882 bits per heavy atom. The Hall–Kier alpha value is -3.53. The molecule has 0 rings (SSSR count). The summed E-state index contributed by atoms with van der Waals surface area (Å²) >= 11 is 0. The lowest BCUT2D eigenvalue weighted by atomic mass is 10.1. The van der Waals surface area contributed by atoms with Gasteiger partial charge < -0.3 is 34.2 Å². The third-order valence-electron chi connectivity index (χ3n) is 15.3. The van der Waals surface area contributed by atoms with Crippen molar-refractivity contribution in [2.75, 3.05) is 39.6 Å². The van der Waals surface area contributed by atoms with Crippen LogP contribution in [0.1, 0.15) is 303 Å². The molecule has 5 atom stereocenters. The Balaban J connectivity index is 4.64. The summed E-state index contributed by atoms with van der Waals surface area (Å²) in [5.74, 6) is -1.60. The van der Waals surface area contributed by atoms with E-state index < -0.39 is 91.5 Å². The van der Waals surface area contributed by atoms with Gasteiger partial charge in [-0.2, -0.15) is 0 Å². The number of esters is 3. The zero-order chi connectivity index (χ0) is 68.1. The van der Waals surface area contributed by atoms with Gasteiger partial charge in [0.05, 0.1) is 26.4 Å². The highest BCUT2D eigenvalue weighted by molar-refractivity contribution is 7.47. The van der Waals surface area contributed by atoms with Crippen LogP contribution < -0.4 is 0 Å². The molecule has 93 heavy (non-hydrogen) atoms. The highest BCUT2D eigenvalue weighted by Gasteiger charge is 2.29. The smallest absolute Gasteiger partial charge is 0.463 e. The fraction of sp³-hybridized carbons (Fsp3) is 0.747. The number of carbonyl (C=O) groups is 3. The lowest BCUT2D eigenvalue weighted by Crippen LogP contribution is -2.30. The standard InChI is InChI=1S/C75H132O16P2/c1-4-7-10-13-16-19-22-25-28-30-32-33-34-35-37-39-41-43-46-49-52-55-58-61-73(78)85-64-70(76)65-87-92(81,82)88-66-71(77)67-89-93(83,84)90-69-72(91-75(80)63-60-57-54-51-48-45-40-27-24-21-18-15-12-9-6-3)68-86-74(79)62-59-56-53-50-47-44-42-38-36-31-29-26-23-20-17-14-11-8-5-2/h16-17,19-20,25-29,32-33,35-38,40,70-72,76-77H,4-15,18,21-24,30-31,34,39,41-69H2,1-3H3,(H,81,82)(H,83,84)/b19-16-,20-17-,28-25-,29-26-,33-32-,37-35-,38-36-,40-27-. The van der Waals surface area contributed by atoms with Gasteiger partial charge in [-0.3, -0.25) is 32.5 Å². The monoisotopic (exact) mass is 1350 g/mol. The minimum absolute atomic E-state index is 0.0913. The van der Waals surface area contributed by atoms with Crippen molar-refractivity contribution in [3.63, 3.8) is 0 Å². The first-order valence-corrected chi connectivity index (χ1v) is 39.5. The third-order valence-corrected chi connectivity index (χ3v) is 17.2. The van der Waals surface area contributed by atoms with E-state index in [1.54, 1.807) is 0 Å². The number of aliphatic hydroxyl groups is 2. The van der Waals surface area contributed by atoms with Crippen molar-refractivity contribution in [3.8, 4) is 0 Å². The summed E-state index contributed by atoms with van der Waals surface area (Å²) in [4.78, 5) is 58.5. The molecular formula is C75H132O16P2. The Bertz CT molecular complexity index is 2080. The molecule has 0 saturated heterocycles. The van der Waals surface area contributed by atoms with Crippen LogP contribution in [0.3, 0.4) is 0 Å². The highest BCUT2D eigenvalue weighted by Crippen LogP contribution is 2.45. The number of phosphoric acid groups is 2. The average molecular weight is 1350 g/mol. The van der Waals surface area contributed by atoms with E-state index >= 15 is 0 Å². The van der Waals surface area contributed by atoms with Crippen LogP contribution in [0.5, 0.6) is 0 Å². The van der Waals surface area contributed by atoms with E-state index in [1.807, 2.05) is 0 Å². The minimum Gasteiger partial charge on any atom is -0.463 e. The first-order chi connectivity index (χ1) is 45.2. The fourth-order valence-electron chi connectivity index (χ4n) is 9.61. The molecule has 5 unspecified atom stereocenters. The van der Waals surface area contributed by atoms with Crippen LogP contribution >= 0.6 is 15.6 Å². The lowest BCUT2D eigenvalue weighted by Gasteiger charge is -2.21. The summed E-state index contributed by atoms with van der Waals surface area (Å²) in [5.41, 5.74) is 0. The van der Waals surface area contributed by atoms with Crippen LogP contribution in [0, 0.1) is 0 Å². The molecule has 0 aliphatic rings. The van der Waals surface area contributed by atoms with Gasteiger partial charge in [0.2, 0.25) is 0 Å². The first-order valence-electron chi connectivity index (χ1n) is 36.5. The van der Waals surface area contributed by atoms with Gasteiger partial charge in [-0.05, 0) is 128 Å². The van der Waals surface area contributed by atoms with Crippen molar-refractivity contribution in [1.82, 2.24) is 0 Å². The van der Waals surface area contributed by atoms with E-state index in [2.05, 4.69) is 118 Å². The number of ether oxygens (including phenoxy) is 3. The van der Waals surface area contributed by atoms with Crippen LogP contribution in [0.4, 0.5) is 0 Å². The van der Waals surface area contributed by atoms with Crippen molar-refractivity contribution in [1.29, 1.82) is 0 Å². The maximum atomic E-state index is 12.9. The minimum atomic E-state index is -4.93. The molecule has 0 fully saturated rings. The van der Waals surface area contributed by atoms with E-state index in [1.165, 1.54) is 83.5 Å². The van der Waals surface area contributed by atoms with Crippen LogP contribution in [0.15, 0.2) is 97.2 Å². The van der Waals surface area contributed by atoms with E-state index in [4.69, 9.17) is 32.3 Å². The SMILES string of the molecule is CCCCC/C=C\C/C=C\C/C=C\C/C=C\CCCCCCCCCC(=O)OCC(O)COP(=O)(O)OCC(O)COP(=O)(O)OCC(COC(=O)CCCCCCCC/C=C\C/C=C\C/C=C\CCCCC)OC(=O)CCCCCCC/C=C\CCCCCCCC. The number of hydrogen-bond acceptors (Lipinski definition) is 14. The first kappa shape index (κ1) is 89.5. The molecular weight excluding hydrogens is 1220 g/mol. The molecule has 0 aromatic rings. The van der Waals surface area contributed by atoms with E-state index in [9.17, 15) is 43.5 Å².